The van der Waals surface area contributed by atoms with Crippen LogP contribution in [0.25, 0.3) is 16.0 Å². The summed E-state index contributed by atoms with van der Waals surface area (Å²) in [6.45, 7) is 4.98. The van der Waals surface area contributed by atoms with Gasteiger partial charge in [-0.05, 0) is 56.7 Å². The second-order valence-corrected chi connectivity index (χ2v) is 9.20. The highest BCUT2D eigenvalue weighted by Crippen LogP contribution is 2.33. The highest BCUT2D eigenvalue weighted by atomic mass is 35.5. The van der Waals surface area contributed by atoms with Crippen LogP contribution >= 0.6 is 11.6 Å². The van der Waals surface area contributed by atoms with Gasteiger partial charge in [0.1, 0.15) is 27.0 Å². The fourth-order valence-corrected chi connectivity index (χ4v) is 4.23. The van der Waals surface area contributed by atoms with Crippen molar-refractivity contribution in [1.82, 2.24) is 10.3 Å². The number of aryl methyl sites for hydroxylation is 2. The first kappa shape index (κ1) is 22.6. The lowest BCUT2D eigenvalue weighted by molar-refractivity contribution is 0.102. The number of rotatable bonds is 6. The number of sulfonamides is 1. The van der Waals surface area contributed by atoms with Crippen LogP contribution in [0.3, 0.4) is 0 Å². The minimum atomic E-state index is -4.03. The predicted octanol–water partition coefficient (Wildman–Crippen LogP) is 5.55. The van der Waals surface area contributed by atoms with Gasteiger partial charge in [0.05, 0.1) is 21.5 Å². The molecule has 0 bridgehead atoms. The summed E-state index contributed by atoms with van der Waals surface area (Å²) in [5.41, 5.74) is 2.57. The fraction of sp³-hybridized carbons (Fsp3) is 0.136. The van der Waals surface area contributed by atoms with E-state index in [4.69, 9.17) is 20.6 Å². The molecule has 1 amide bonds. The lowest BCUT2D eigenvalue weighted by Crippen LogP contribution is -2.13. The maximum absolute atomic E-state index is 13.0. The van der Waals surface area contributed by atoms with Crippen LogP contribution in [0.1, 0.15) is 27.4 Å². The topological polar surface area (TPSA) is 129 Å². The molecule has 2 aromatic heterocycles. The number of carbonyl (C=O) groups excluding carboxylic acids is 1. The van der Waals surface area contributed by atoms with Crippen LogP contribution in [0.15, 0.2) is 62.5 Å². The average molecular weight is 486 g/mol. The summed E-state index contributed by atoms with van der Waals surface area (Å²) < 4.78 is 39.1. The SMILES string of the molecule is Cc1noc([N-]S(=O)(=O)c2ccc(NC(=O)c3c(-c4ccccc4Cl)noc3C)cc2)c1C. The third-order valence-corrected chi connectivity index (χ3v) is 6.57. The van der Waals surface area contributed by atoms with Gasteiger partial charge in [-0.2, -0.15) is 0 Å². The van der Waals surface area contributed by atoms with Crippen molar-refractivity contribution in [3.63, 3.8) is 0 Å². The fourth-order valence-electron chi connectivity index (χ4n) is 3.03. The normalized spacial score (nSPS) is 11.4. The van der Waals surface area contributed by atoms with Gasteiger partial charge >= 0.3 is 0 Å². The van der Waals surface area contributed by atoms with E-state index in [-0.39, 0.29) is 16.3 Å². The molecule has 33 heavy (non-hydrogen) atoms. The molecule has 0 atom stereocenters. The highest BCUT2D eigenvalue weighted by Gasteiger charge is 2.23. The Morgan fingerprint density at radius 1 is 1.00 bits per heavy atom. The number of hydrogen-bond donors (Lipinski definition) is 1. The predicted molar refractivity (Wildman–Crippen MR) is 122 cm³/mol. The number of anilines is 1. The number of carbonyl (C=O) groups is 1. The van der Waals surface area contributed by atoms with Crippen molar-refractivity contribution in [3.05, 3.63) is 80.9 Å². The largest absolute Gasteiger partial charge is 0.539 e. The molecule has 9 nitrogen and oxygen atoms in total. The Labute approximate surface area is 194 Å². The zero-order chi connectivity index (χ0) is 23.8. The van der Waals surface area contributed by atoms with Crippen molar-refractivity contribution in [3.8, 4) is 11.3 Å². The summed E-state index contributed by atoms with van der Waals surface area (Å²) >= 11 is 6.24. The van der Waals surface area contributed by atoms with Gasteiger partial charge in [0.2, 0.25) is 0 Å². The number of aromatic nitrogens is 2. The molecule has 0 saturated heterocycles. The van der Waals surface area contributed by atoms with E-state index in [9.17, 15) is 13.2 Å². The lowest BCUT2D eigenvalue weighted by Gasteiger charge is -2.19. The summed E-state index contributed by atoms with van der Waals surface area (Å²) in [5.74, 6) is -0.227. The molecule has 2 heterocycles. The first-order valence-corrected chi connectivity index (χ1v) is 11.5. The summed E-state index contributed by atoms with van der Waals surface area (Å²) in [5, 5.41) is 10.8. The first-order chi connectivity index (χ1) is 15.7. The Morgan fingerprint density at radius 3 is 2.33 bits per heavy atom. The lowest BCUT2D eigenvalue weighted by atomic mass is 10.1. The molecule has 0 unspecified atom stereocenters. The van der Waals surface area contributed by atoms with E-state index >= 15 is 0 Å². The van der Waals surface area contributed by atoms with Crippen LogP contribution in [-0.2, 0) is 10.0 Å². The number of amides is 1. The molecule has 0 aliphatic carbocycles. The number of nitrogens with zero attached hydrogens (tertiary/aromatic N) is 3. The minimum absolute atomic E-state index is 0.0631. The molecule has 4 rings (SSSR count). The van der Waals surface area contributed by atoms with Gasteiger partial charge in [-0.15, -0.1) is 0 Å². The van der Waals surface area contributed by atoms with Crippen molar-refractivity contribution in [1.29, 1.82) is 0 Å². The molecule has 0 radical (unpaired) electrons. The van der Waals surface area contributed by atoms with Crippen LogP contribution in [0.2, 0.25) is 5.02 Å². The number of halogens is 1. The Hall–Kier alpha value is -3.63. The Bertz CT molecular complexity index is 1440. The average Bonchev–Trinajstić information content (AvgIpc) is 3.31. The molecule has 170 valence electrons. The van der Waals surface area contributed by atoms with Gasteiger partial charge in [0, 0.05) is 11.3 Å². The monoisotopic (exact) mass is 485 g/mol. The maximum atomic E-state index is 13.0. The van der Waals surface area contributed by atoms with E-state index in [1.165, 1.54) is 24.3 Å². The Balaban J connectivity index is 1.55. The quantitative estimate of drug-likeness (QED) is 0.378. The van der Waals surface area contributed by atoms with Crippen molar-refractivity contribution in [2.75, 3.05) is 5.32 Å². The molecule has 11 heteroatoms. The van der Waals surface area contributed by atoms with Crippen LogP contribution < -0.4 is 5.32 Å². The van der Waals surface area contributed by atoms with Crippen LogP contribution in [0.5, 0.6) is 0 Å². The van der Waals surface area contributed by atoms with Crippen LogP contribution in [0, 0.1) is 20.8 Å². The van der Waals surface area contributed by atoms with Gasteiger partial charge < -0.3 is 19.1 Å². The van der Waals surface area contributed by atoms with E-state index in [2.05, 4.69) is 20.4 Å². The van der Waals surface area contributed by atoms with E-state index in [1.54, 1.807) is 45.0 Å². The third kappa shape index (κ3) is 4.48. The van der Waals surface area contributed by atoms with Gasteiger partial charge in [-0.3, -0.25) is 4.79 Å². The number of benzene rings is 2. The second kappa shape index (κ2) is 8.72. The smallest absolute Gasteiger partial charge is 0.261 e. The summed E-state index contributed by atoms with van der Waals surface area (Å²) in [6, 6.07) is 12.5. The highest BCUT2D eigenvalue weighted by molar-refractivity contribution is 7.94. The van der Waals surface area contributed by atoms with Crippen LogP contribution in [-0.4, -0.2) is 24.6 Å². The van der Waals surface area contributed by atoms with E-state index in [0.29, 0.717) is 39.0 Å². The number of hydrogen-bond acceptors (Lipinski definition) is 7. The zero-order valence-corrected chi connectivity index (χ0v) is 19.4. The Kier molecular flexibility index (Phi) is 5.96. The van der Waals surface area contributed by atoms with Crippen LogP contribution in [0.4, 0.5) is 11.6 Å². The van der Waals surface area contributed by atoms with Gasteiger partial charge in [0.25, 0.3) is 5.91 Å². The third-order valence-electron chi connectivity index (χ3n) is 4.96. The summed E-state index contributed by atoms with van der Waals surface area (Å²) in [7, 11) is -4.03. The molecular weight excluding hydrogens is 468 g/mol. The molecule has 0 saturated carbocycles. The molecule has 2 aromatic carbocycles. The van der Waals surface area contributed by atoms with Crippen molar-refractivity contribution in [2.24, 2.45) is 0 Å². The summed E-state index contributed by atoms with van der Waals surface area (Å²) in [6.07, 6.45) is 0. The van der Waals surface area contributed by atoms with E-state index in [0.717, 1.165) is 0 Å². The van der Waals surface area contributed by atoms with Gasteiger partial charge in [-0.1, -0.05) is 40.1 Å². The van der Waals surface area contributed by atoms with Crippen molar-refractivity contribution < 1.29 is 22.3 Å². The zero-order valence-electron chi connectivity index (χ0n) is 17.8. The van der Waals surface area contributed by atoms with Gasteiger partial charge in [-0.25, -0.2) is 8.42 Å². The number of nitrogens with one attached hydrogen (secondary N) is 1. The maximum Gasteiger partial charge on any atom is 0.261 e. The second-order valence-electron chi connectivity index (χ2n) is 7.19. The molecule has 1 N–H and O–H groups in total. The van der Waals surface area contributed by atoms with Crippen molar-refractivity contribution in [2.45, 2.75) is 25.7 Å². The van der Waals surface area contributed by atoms with Gasteiger partial charge in [0.15, 0.2) is 0 Å². The molecule has 0 spiro atoms. The molecular formula is C22H18ClN4O5S-. The van der Waals surface area contributed by atoms with E-state index < -0.39 is 15.9 Å². The first-order valence-electron chi connectivity index (χ1n) is 9.71. The molecule has 0 aliphatic rings. The molecule has 4 aromatic rings. The van der Waals surface area contributed by atoms with E-state index in [1.807, 2.05) is 0 Å². The molecule has 0 fully saturated rings. The standard InChI is InChI=1S/C22H19ClN4O5S/c1-12-13(2)25-32-22(12)27-33(29,30)16-10-8-15(9-11-16)24-21(28)19-14(3)31-26-20(19)17-6-4-5-7-18(17)23/h4-11H,1-3H3,(H2,24,25,27,28)/p-1. The minimum Gasteiger partial charge on any atom is -0.539 e. The summed E-state index contributed by atoms with van der Waals surface area (Å²) in [4.78, 5) is 12.9. The Morgan fingerprint density at radius 2 is 1.70 bits per heavy atom. The molecule has 0 aliphatic heterocycles. The van der Waals surface area contributed by atoms with Crippen molar-refractivity contribution >= 4 is 39.1 Å².